The summed E-state index contributed by atoms with van der Waals surface area (Å²) in [7, 11) is 0. The van der Waals surface area contributed by atoms with E-state index in [4.69, 9.17) is 4.74 Å². The fraction of sp³-hybridized carbons (Fsp3) is 0.571. The third-order valence-electron chi connectivity index (χ3n) is 2.99. The van der Waals surface area contributed by atoms with Crippen molar-refractivity contribution in [2.75, 3.05) is 19.5 Å². The third-order valence-corrected chi connectivity index (χ3v) is 4.16. The molecule has 0 aromatic heterocycles. The molecule has 3 N–H and O–H groups in total. The molecule has 1 aromatic rings. The summed E-state index contributed by atoms with van der Waals surface area (Å²) in [4.78, 5) is 0. The van der Waals surface area contributed by atoms with Crippen LogP contribution in [0.2, 0.25) is 0 Å². The zero-order valence-corrected chi connectivity index (χ0v) is 12.5. The summed E-state index contributed by atoms with van der Waals surface area (Å²) in [5, 5.41) is 22.4. The molecule has 0 saturated heterocycles. The zero-order chi connectivity index (χ0) is 14.3. The van der Waals surface area contributed by atoms with Gasteiger partial charge >= 0.3 is 0 Å². The van der Waals surface area contributed by atoms with E-state index in [2.05, 4.69) is 12.2 Å². The standard InChI is InChI=1S/C14H23NO3S/c1-4-18-13-7-11(5-6-12(13)17)8-15-10(2)14(9-16)19-3/h5-7,10,14-17H,4,8-9H2,1-3H3. The van der Waals surface area contributed by atoms with E-state index in [0.29, 0.717) is 18.9 Å². The molecular formula is C14H23NO3S. The Bertz CT molecular complexity index is 383. The average Bonchev–Trinajstić information content (AvgIpc) is 2.41. The first kappa shape index (κ1) is 16.1. The fourth-order valence-corrected chi connectivity index (χ4v) is 2.44. The predicted molar refractivity (Wildman–Crippen MR) is 80.0 cm³/mol. The van der Waals surface area contributed by atoms with Gasteiger partial charge in [-0.05, 0) is 37.8 Å². The van der Waals surface area contributed by atoms with Gasteiger partial charge in [-0.1, -0.05) is 6.07 Å². The van der Waals surface area contributed by atoms with Gasteiger partial charge in [0.25, 0.3) is 0 Å². The first-order valence-corrected chi connectivity index (χ1v) is 7.72. The van der Waals surface area contributed by atoms with Crippen LogP contribution >= 0.6 is 11.8 Å². The maximum atomic E-state index is 9.63. The minimum absolute atomic E-state index is 0.162. The van der Waals surface area contributed by atoms with Gasteiger partial charge in [0.05, 0.1) is 13.2 Å². The number of phenols is 1. The summed E-state index contributed by atoms with van der Waals surface area (Å²) in [5.41, 5.74) is 1.05. The molecule has 108 valence electrons. The van der Waals surface area contributed by atoms with Crippen LogP contribution in [0.5, 0.6) is 11.5 Å². The van der Waals surface area contributed by atoms with Crippen molar-refractivity contribution < 1.29 is 14.9 Å². The van der Waals surface area contributed by atoms with Gasteiger partial charge in [-0.3, -0.25) is 0 Å². The second kappa shape index (κ2) is 8.30. The largest absolute Gasteiger partial charge is 0.504 e. The normalized spacial score (nSPS) is 14.1. The molecule has 19 heavy (non-hydrogen) atoms. The summed E-state index contributed by atoms with van der Waals surface area (Å²) in [5.74, 6) is 0.675. The molecule has 0 radical (unpaired) electrons. The van der Waals surface area contributed by atoms with Crippen molar-refractivity contribution in [1.82, 2.24) is 5.32 Å². The number of thioether (sulfide) groups is 1. The first-order valence-electron chi connectivity index (χ1n) is 6.44. The average molecular weight is 285 g/mol. The van der Waals surface area contributed by atoms with Crippen molar-refractivity contribution in [3.8, 4) is 11.5 Å². The van der Waals surface area contributed by atoms with E-state index in [-0.39, 0.29) is 23.6 Å². The summed E-state index contributed by atoms with van der Waals surface area (Å²) < 4.78 is 5.35. The summed E-state index contributed by atoms with van der Waals surface area (Å²) in [6.07, 6.45) is 1.99. The molecule has 0 bridgehead atoms. The number of phenolic OH excluding ortho intramolecular Hbond substituents is 1. The van der Waals surface area contributed by atoms with E-state index < -0.39 is 0 Å². The van der Waals surface area contributed by atoms with Crippen molar-refractivity contribution in [3.63, 3.8) is 0 Å². The molecule has 2 atom stereocenters. The lowest BCUT2D eigenvalue weighted by atomic mass is 10.1. The molecule has 0 spiro atoms. The zero-order valence-electron chi connectivity index (χ0n) is 11.7. The highest BCUT2D eigenvalue weighted by molar-refractivity contribution is 7.99. The number of nitrogens with one attached hydrogen (secondary N) is 1. The summed E-state index contributed by atoms with van der Waals surface area (Å²) >= 11 is 1.65. The Morgan fingerprint density at radius 3 is 2.74 bits per heavy atom. The summed E-state index contributed by atoms with van der Waals surface area (Å²) in [6.45, 7) is 5.31. The van der Waals surface area contributed by atoms with Crippen LogP contribution in [0.1, 0.15) is 19.4 Å². The minimum atomic E-state index is 0.162. The molecule has 1 rings (SSSR count). The van der Waals surface area contributed by atoms with Crippen molar-refractivity contribution in [2.24, 2.45) is 0 Å². The van der Waals surface area contributed by atoms with Crippen LogP contribution in [-0.4, -0.2) is 41.0 Å². The molecule has 0 heterocycles. The van der Waals surface area contributed by atoms with Crippen LogP contribution in [-0.2, 0) is 6.54 Å². The van der Waals surface area contributed by atoms with Gasteiger partial charge in [-0.25, -0.2) is 0 Å². The van der Waals surface area contributed by atoms with E-state index >= 15 is 0 Å². The molecule has 0 amide bonds. The van der Waals surface area contributed by atoms with Crippen molar-refractivity contribution in [3.05, 3.63) is 23.8 Å². The van der Waals surface area contributed by atoms with Gasteiger partial charge in [0, 0.05) is 17.8 Å². The quantitative estimate of drug-likeness (QED) is 0.682. The highest BCUT2D eigenvalue weighted by Crippen LogP contribution is 2.26. The number of aliphatic hydroxyl groups excluding tert-OH is 1. The summed E-state index contributed by atoms with van der Waals surface area (Å²) in [6, 6.07) is 5.56. The van der Waals surface area contributed by atoms with Crippen LogP contribution in [0.4, 0.5) is 0 Å². The van der Waals surface area contributed by atoms with Gasteiger partial charge < -0.3 is 20.3 Å². The lowest BCUT2D eigenvalue weighted by Gasteiger charge is -2.21. The predicted octanol–water partition coefficient (Wildman–Crippen LogP) is 1.99. The maximum absolute atomic E-state index is 9.63. The number of aliphatic hydroxyl groups is 1. The van der Waals surface area contributed by atoms with Gasteiger partial charge in [-0.2, -0.15) is 11.8 Å². The molecular weight excluding hydrogens is 262 g/mol. The van der Waals surface area contributed by atoms with E-state index in [1.165, 1.54) is 0 Å². The Morgan fingerprint density at radius 2 is 2.16 bits per heavy atom. The first-order chi connectivity index (χ1) is 9.12. The van der Waals surface area contributed by atoms with Gasteiger partial charge in [0.1, 0.15) is 0 Å². The van der Waals surface area contributed by atoms with E-state index in [9.17, 15) is 10.2 Å². The van der Waals surface area contributed by atoms with E-state index in [0.717, 1.165) is 5.56 Å². The molecule has 5 heteroatoms. The molecule has 0 aliphatic heterocycles. The monoisotopic (exact) mass is 285 g/mol. The lowest BCUT2D eigenvalue weighted by Crippen LogP contribution is -2.37. The second-order valence-electron chi connectivity index (χ2n) is 4.36. The Labute approximate surface area is 119 Å². The number of ether oxygens (including phenoxy) is 1. The highest BCUT2D eigenvalue weighted by Gasteiger charge is 2.14. The molecule has 4 nitrogen and oxygen atoms in total. The molecule has 0 saturated carbocycles. The fourth-order valence-electron chi connectivity index (χ4n) is 1.79. The molecule has 2 unspecified atom stereocenters. The Hall–Kier alpha value is -0.910. The number of hydrogen-bond donors (Lipinski definition) is 3. The smallest absolute Gasteiger partial charge is 0.161 e. The minimum Gasteiger partial charge on any atom is -0.504 e. The number of benzene rings is 1. The molecule has 0 aliphatic rings. The Kier molecular flexibility index (Phi) is 7.05. The highest BCUT2D eigenvalue weighted by atomic mass is 32.2. The molecule has 0 fully saturated rings. The van der Waals surface area contributed by atoms with Crippen LogP contribution in [0.25, 0.3) is 0 Å². The third kappa shape index (κ3) is 4.93. The SMILES string of the molecule is CCOc1cc(CNC(C)C(CO)SC)ccc1O. The van der Waals surface area contributed by atoms with Crippen LogP contribution < -0.4 is 10.1 Å². The van der Waals surface area contributed by atoms with E-state index in [1.807, 2.05) is 25.3 Å². The van der Waals surface area contributed by atoms with Crippen LogP contribution in [0, 0.1) is 0 Å². The van der Waals surface area contributed by atoms with Crippen LogP contribution in [0.3, 0.4) is 0 Å². The second-order valence-corrected chi connectivity index (χ2v) is 5.44. The van der Waals surface area contributed by atoms with Crippen molar-refractivity contribution in [2.45, 2.75) is 31.7 Å². The van der Waals surface area contributed by atoms with Gasteiger partial charge in [0.15, 0.2) is 11.5 Å². The Balaban J connectivity index is 2.60. The maximum Gasteiger partial charge on any atom is 0.161 e. The molecule has 0 aliphatic carbocycles. The molecule has 1 aromatic carbocycles. The number of rotatable bonds is 8. The topological polar surface area (TPSA) is 61.7 Å². The van der Waals surface area contributed by atoms with Gasteiger partial charge in [-0.15, -0.1) is 0 Å². The Morgan fingerprint density at radius 1 is 1.42 bits per heavy atom. The van der Waals surface area contributed by atoms with Crippen molar-refractivity contribution >= 4 is 11.8 Å². The number of aromatic hydroxyl groups is 1. The van der Waals surface area contributed by atoms with E-state index in [1.54, 1.807) is 17.8 Å². The van der Waals surface area contributed by atoms with Gasteiger partial charge in [0.2, 0.25) is 0 Å². The lowest BCUT2D eigenvalue weighted by molar-refractivity contribution is 0.275. The van der Waals surface area contributed by atoms with Crippen LogP contribution in [0.15, 0.2) is 18.2 Å². The van der Waals surface area contributed by atoms with Crippen molar-refractivity contribution in [1.29, 1.82) is 0 Å². The number of hydrogen-bond acceptors (Lipinski definition) is 5.